The lowest BCUT2D eigenvalue weighted by atomic mass is 9.88. The summed E-state index contributed by atoms with van der Waals surface area (Å²) >= 11 is 3.39. The lowest BCUT2D eigenvalue weighted by molar-refractivity contribution is -0.144. The molecule has 3 N–H and O–H groups in total. The van der Waals surface area contributed by atoms with E-state index in [2.05, 4.69) is 15.9 Å². The van der Waals surface area contributed by atoms with Gasteiger partial charge in [0, 0.05) is 10.5 Å². The molecule has 1 aliphatic rings. The van der Waals surface area contributed by atoms with Crippen LogP contribution in [0.2, 0.25) is 0 Å². The van der Waals surface area contributed by atoms with Crippen molar-refractivity contribution in [2.24, 2.45) is 11.1 Å². The predicted octanol–water partition coefficient (Wildman–Crippen LogP) is 2.62. The molecule has 1 aliphatic carbocycles. The Labute approximate surface area is 103 Å². The third-order valence-electron chi connectivity index (χ3n) is 3.39. The number of aryl methyl sites for hydroxylation is 1. The minimum atomic E-state index is -0.778. The molecule has 1 fully saturated rings. The van der Waals surface area contributed by atoms with Gasteiger partial charge in [0.25, 0.3) is 0 Å². The Bertz CT molecular complexity index is 441. The molecule has 0 heterocycles. The number of carboxylic acid groups (broad SMARTS) is 1. The number of benzene rings is 1. The van der Waals surface area contributed by atoms with Crippen LogP contribution in [0.15, 0.2) is 22.7 Å². The van der Waals surface area contributed by atoms with E-state index in [0.29, 0.717) is 12.8 Å². The first kappa shape index (κ1) is 11.6. The molecule has 0 aromatic heterocycles. The fourth-order valence-corrected chi connectivity index (χ4v) is 2.42. The Kier molecular flexibility index (Phi) is 2.80. The highest BCUT2D eigenvalue weighted by Crippen LogP contribution is 2.54. The van der Waals surface area contributed by atoms with Crippen LogP contribution in [-0.2, 0) is 4.79 Å². The van der Waals surface area contributed by atoms with Crippen LogP contribution in [0.3, 0.4) is 0 Å². The van der Waals surface area contributed by atoms with Crippen molar-refractivity contribution >= 4 is 21.9 Å². The second-order valence-electron chi connectivity index (χ2n) is 4.44. The van der Waals surface area contributed by atoms with Gasteiger partial charge in [0.2, 0.25) is 0 Å². The van der Waals surface area contributed by atoms with Gasteiger partial charge in [0.1, 0.15) is 0 Å². The molecule has 1 aromatic rings. The van der Waals surface area contributed by atoms with Crippen LogP contribution in [0.25, 0.3) is 0 Å². The number of nitrogens with two attached hydrogens (primary N) is 1. The third kappa shape index (κ3) is 1.76. The first-order valence-corrected chi connectivity index (χ1v) is 6.02. The van der Waals surface area contributed by atoms with E-state index in [-0.39, 0.29) is 0 Å². The summed E-state index contributed by atoms with van der Waals surface area (Å²) in [4.78, 5) is 11.2. The van der Waals surface area contributed by atoms with Crippen LogP contribution < -0.4 is 5.73 Å². The van der Waals surface area contributed by atoms with Crippen LogP contribution >= 0.6 is 15.9 Å². The van der Waals surface area contributed by atoms with Crippen molar-refractivity contribution < 1.29 is 9.90 Å². The van der Waals surface area contributed by atoms with Crippen molar-refractivity contribution in [3.05, 3.63) is 33.8 Å². The Balaban J connectivity index is 2.38. The van der Waals surface area contributed by atoms with E-state index in [4.69, 9.17) is 5.73 Å². The quantitative estimate of drug-likeness (QED) is 0.896. The average molecular weight is 284 g/mol. The van der Waals surface area contributed by atoms with Crippen molar-refractivity contribution in [2.45, 2.75) is 25.8 Å². The van der Waals surface area contributed by atoms with Crippen molar-refractivity contribution in [3.63, 3.8) is 0 Å². The van der Waals surface area contributed by atoms with Gasteiger partial charge in [-0.25, -0.2) is 0 Å². The first-order valence-electron chi connectivity index (χ1n) is 5.22. The maximum atomic E-state index is 11.2. The molecule has 0 amide bonds. The minimum absolute atomic E-state index is 0.414. The SMILES string of the molecule is Cc1ccc(Br)cc1C(N)C1(C(=O)O)CC1. The minimum Gasteiger partial charge on any atom is -0.481 e. The molecule has 1 unspecified atom stereocenters. The van der Waals surface area contributed by atoms with Crippen molar-refractivity contribution in [3.8, 4) is 0 Å². The maximum Gasteiger partial charge on any atom is 0.311 e. The molecule has 0 aliphatic heterocycles. The molecule has 86 valence electrons. The number of carboxylic acids is 1. The molecule has 4 heteroatoms. The number of hydrogen-bond donors (Lipinski definition) is 2. The predicted molar refractivity (Wildman–Crippen MR) is 65.1 cm³/mol. The molecule has 3 nitrogen and oxygen atoms in total. The summed E-state index contributed by atoms with van der Waals surface area (Å²) in [7, 11) is 0. The van der Waals surface area contributed by atoms with E-state index in [0.717, 1.165) is 15.6 Å². The van der Waals surface area contributed by atoms with Gasteiger partial charge in [-0.3, -0.25) is 4.79 Å². The Morgan fingerprint density at radius 3 is 2.69 bits per heavy atom. The number of carbonyl (C=O) groups is 1. The van der Waals surface area contributed by atoms with Gasteiger partial charge >= 0.3 is 5.97 Å². The smallest absolute Gasteiger partial charge is 0.311 e. The van der Waals surface area contributed by atoms with Crippen LogP contribution in [-0.4, -0.2) is 11.1 Å². The van der Waals surface area contributed by atoms with Crippen molar-refractivity contribution in [1.29, 1.82) is 0 Å². The number of hydrogen-bond acceptors (Lipinski definition) is 2. The Morgan fingerprint density at radius 2 is 2.19 bits per heavy atom. The van der Waals surface area contributed by atoms with Crippen LogP contribution in [0, 0.1) is 12.3 Å². The molecule has 0 saturated heterocycles. The molecule has 1 saturated carbocycles. The molecule has 0 bridgehead atoms. The zero-order valence-corrected chi connectivity index (χ0v) is 10.6. The van der Waals surface area contributed by atoms with Crippen LogP contribution in [0.1, 0.15) is 30.0 Å². The number of aliphatic carboxylic acids is 1. The van der Waals surface area contributed by atoms with Crippen molar-refractivity contribution in [1.82, 2.24) is 0 Å². The van der Waals surface area contributed by atoms with E-state index >= 15 is 0 Å². The van der Waals surface area contributed by atoms with Gasteiger partial charge in [-0.05, 0) is 43.0 Å². The van der Waals surface area contributed by atoms with E-state index in [1.165, 1.54) is 0 Å². The first-order chi connectivity index (χ1) is 7.47. The molecular weight excluding hydrogens is 270 g/mol. The number of halogens is 1. The highest BCUT2D eigenvalue weighted by molar-refractivity contribution is 9.10. The van der Waals surface area contributed by atoms with E-state index in [1.54, 1.807) is 0 Å². The van der Waals surface area contributed by atoms with Crippen molar-refractivity contribution in [2.75, 3.05) is 0 Å². The summed E-state index contributed by atoms with van der Waals surface area (Å²) in [6.45, 7) is 1.96. The number of rotatable bonds is 3. The summed E-state index contributed by atoms with van der Waals surface area (Å²) in [5.74, 6) is -0.778. The van der Waals surface area contributed by atoms with E-state index < -0.39 is 17.4 Å². The lowest BCUT2D eigenvalue weighted by Crippen LogP contribution is -2.30. The van der Waals surface area contributed by atoms with Gasteiger partial charge in [0.05, 0.1) is 5.41 Å². The Morgan fingerprint density at radius 1 is 1.56 bits per heavy atom. The molecule has 1 atom stereocenters. The zero-order chi connectivity index (χ0) is 11.9. The standard InChI is InChI=1S/C12H14BrNO2/c1-7-2-3-8(13)6-9(7)10(14)12(4-5-12)11(15)16/h2-3,6,10H,4-5,14H2,1H3,(H,15,16). The summed E-state index contributed by atoms with van der Waals surface area (Å²) in [5, 5.41) is 9.20. The summed E-state index contributed by atoms with van der Waals surface area (Å²) < 4.78 is 0.935. The van der Waals surface area contributed by atoms with Gasteiger partial charge < -0.3 is 10.8 Å². The highest BCUT2D eigenvalue weighted by atomic mass is 79.9. The van der Waals surface area contributed by atoms with Gasteiger partial charge in [-0.15, -0.1) is 0 Å². The second kappa shape index (κ2) is 3.86. The molecule has 0 spiro atoms. The highest BCUT2D eigenvalue weighted by Gasteiger charge is 2.55. The normalized spacial score (nSPS) is 19.2. The van der Waals surface area contributed by atoms with Gasteiger partial charge in [-0.1, -0.05) is 22.0 Å². The molecule has 2 rings (SSSR count). The van der Waals surface area contributed by atoms with Crippen LogP contribution in [0.5, 0.6) is 0 Å². The molecule has 16 heavy (non-hydrogen) atoms. The fraction of sp³-hybridized carbons (Fsp3) is 0.417. The monoisotopic (exact) mass is 283 g/mol. The van der Waals surface area contributed by atoms with Gasteiger partial charge in [0.15, 0.2) is 0 Å². The molecular formula is C12H14BrNO2. The second-order valence-corrected chi connectivity index (χ2v) is 5.36. The lowest BCUT2D eigenvalue weighted by Gasteiger charge is -2.21. The largest absolute Gasteiger partial charge is 0.481 e. The van der Waals surface area contributed by atoms with Gasteiger partial charge in [-0.2, -0.15) is 0 Å². The summed E-state index contributed by atoms with van der Waals surface area (Å²) in [5.41, 5.74) is 7.34. The topological polar surface area (TPSA) is 63.3 Å². The van der Waals surface area contributed by atoms with Crippen LogP contribution in [0.4, 0.5) is 0 Å². The maximum absolute atomic E-state index is 11.2. The van der Waals surface area contributed by atoms with E-state index in [9.17, 15) is 9.90 Å². The fourth-order valence-electron chi connectivity index (χ4n) is 2.04. The summed E-state index contributed by atoms with van der Waals surface area (Å²) in [6, 6.07) is 5.40. The molecule has 0 radical (unpaired) electrons. The molecule has 1 aromatic carbocycles. The van der Waals surface area contributed by atoms with E-state index in [1.807, 2.05) is 25.1 Å². The summed E-state index contributed by atoms with van der Waals surface area (Å²) in [6.07, 6.45) is 1.35. The zero-order valence-electron chi connectivity index (χ0n) is 9.03. The Hall–Kier alpha value is -0.870. The third-order valence-corrected chi connectivity index (χ3v) is 3.88. The average Bonchev–Trinajstić information content (AvgIpc) is 3.01.